The van der Waals surface area contributed by atoms with E-state index >= 15 is 0 Å². The second-order valence-corrected chi connectivity index (χ2v) is 13.8. The molecule has 1 aromatic heterocycles. The molecule has 7 nitrogen and oxygen atoms in total. The lowest BCUT2D eigenvalue weighted by molar-refractivity contribution is 0.490. The van der Waals surface area contributed by atoms with Gasteiger partial charge in [0.2, 0.25) is 14.3 Å². The highest BCUT2D eigenvalue weighted by atomic mass is 28.4. The van der Waals surface area contributed by atoms with Gasteiger partial charge in [-0.05, 0) is 36.3 Å². The highest BCUT2D eigenvalue weighted by Crippen LogP contribution is 2.37. The first-order valence-electron chi connectivity index (χ1n) is 10.4. The molecule has 3 aromatic rings. The van der Waals surface area contributed by atoms with Crippen molar-refractivity contribution >= 4 is 20.5 Å². The Morgan fingerprint density at radius 2 is 1.91 bits per heavy atom. The van der Waals surface area contributed by atoms with Gasteiger partial charge < -0.3 is 4.43 Å². The summed E-state index contributed by atoms with van der Waals surface area (Å²) in [6.07, 6.45) is 1.29. The quantitative estimate of drug-likeness (QED) is 0.294. The zero-order valence-corrected chi connectivity index (χ0v) is 20.2. The van der Waals surface area contributed by atoms with E-state index in [1.807, 2.05) is 12.1 Å². The third-order valence-corrected chi connectivity index (χ3v) is 9.96. The number of nitrogens with one attached hydrogen (secondary N) is 2. The molecule has 0 radical (unpaired) electrons. The Morgan fingerprint density at radius 3 is 2.55 bits per heavy atom. The molecule has 0 unspecified atom stereocenters. The highest BCUT2D eigenvalue weighted by Gasteiger charge is 2.39. The van der Waals surface area contributed by atoms with Gasteiger partial charge in [-0.2, -0.15) is 10.4 Å². The largest absolute Gasteiger partial charge is 0.543 e. The number of hydrogen-bond donors (Lipinski definition) is 2. The van der Waals surface area contributed by atoms with Gasteiger partial charge in [0.1, 0.15) is 23.2 Å². The Balaban J connectivity index is 1.85. The molecule has 1 heterocycles. The molecular weight excluding hydrogens is 437 g/mol. The summed E-state index contributed by atoms with van der Waals surface area (Å²) in [6.45, 7) is 10.6. The molecule has 170 valence electrons. The highest BCUT2D eigenvalue weighted by molar-refractivity contribution is 6.74. The molecule has 0 aliphatic carbocycles. The molecule has 0 saturated carbocycles. The minimum absolute atomic E-state index is 0.000779. The maximum atomic E-state index is 14.3. The van der Waals surface area contributed by atoms with E-state index in [0.717, 1.165) is 0 Å². The summed E-state index contributed by atoms with van der Waals surface area (Å²) in [6, 6.07) is 15.3. The molecule has 0 spiro atoms. The van der Waals surface area contributed by atoms with Crippen LogP contribution in [0.4, 0.5) is 10.3 Å². The monoisotopic (exact) mass is 463 g/mol. The molecule has 3 rings (SSSR count). The number of benzene rings is 2. The van der Waals surface area contributed by atoms with Gasteiger partial charge in [0.05, 0.1) is 11.9 Å². The van der Waals surface area contributed by atoms with Crippen LogP contribution in [0, 0.1) is 17.1 Å². The first kappa shape index (κ1) is 23.9. The minimum atomic E-state index is -2.08. The molecule has 0 aliphatic rings. The van der Waals surface area contributed by atoms with Crippen molar-refractivity contribution in [2.24, 2.45) is 5.10 Å². The summed E-state index contributed by atoms with van der Waals surface area (Å²) in [7, 11) is -2.08. The van der Waals surface area contributed by atoms with Crippen molar-refractivity contribution in [2.75, 3.05) is 5.43 Å². The fraction of sp³-hybridized carbons (Fsp3) is 0.250. The molecule has 0 saturated heterocycles. The van der Waals surface area contributed by atoms with Crippen LogP contribution in [0.3, 0.4) is 0 Å². The molecular formula is C24H26FN5O2Si. The Hall–Kier alpha value is -3.77. The smallest absolute Gasteiger partial charge is 0.270 e. The number of nitrogens with zero attached hydrogens (tertiary/aromatic N) is 3. The number of aromatic nitrogens is 2. The lowest BCUT2D eigenvalue weighted by atomic mass is 10.1. The van der Waals surface area contributed by atoms with Crippen LogP contribution in [0.1, 0.15) is 31.9 Å². The summed E-state index contributed by atoms with van der Waals surface area (Å²) < 4.78 is 20.6. The van der Waals surface area contributed by atoms with Gasteiger partial charge in [-0.25, -0.2) is 14.8 Å². The van der Waals surface area contributed by atoms with Crippen LogP contribution < -0.4 is 15.4 Å². The van der Waals surface area contributed by atoms with E-state index in [1.165, 1.54) is 12.3 Å². The fourth-order valence-electron chi connectivity index (χ4n) is 2.73. The molecule has 0 fully saturated rings. The van der Waals surface area contributed by atoms with Crippen molar-refractivity contribution < 1.29 is 8.82 Å². The molecule has 33 heavy (non-hydrogen) atoms. The van der Waals surface area contributed by atoms with Crippen LogP contribution >= 0.6 is 0 Å². The molecule has 0 amide bonds. The normalized spacial score (nSPS) is 11.9. The third-order valence-electron chi connectivity index (χ3n) is 5.60. The lowest BCUT2D eigenvalue weighted by Crippen LogP contribution is -2.43. The van der Waals surface area contributed by atoms with E-state index < -0.39 is 19.7 Å². The van der Waals surface area contributed by atoms with Gasteiger partial charge in [-0.3, -0.25) is 9.78 Å². The molecule has 0 atom stereocenters. The van der Waals surface area contributed by atoms with Crippen molar-refractivity contribution in [1.29, 1.82) is 5.26 Å². The minimum Gasteiger partial charge on any atom is -0.543 e. The Bertz CT molecular complexity index is 1270. The first-order chi connectivity index (χ1) is 15.5. The Kier molecular flexibility index (Phi) is 6.79. The molecule has 2 N–H and O–H groups in total. The number of anilines is 1. The van der Waals surface area contributed by atoms with E-state index in [0.29, 0.717) is 11.3 Å². The van der Waals surface area contributed by atoms with Crippen molar-refractivity contribution in [1.82, 2.24) is 9.97 Å². The summed E-state index contributed by atoms with van der Waals surface area (Å²) in [5.74, 6) is 0.137. The summed E-state index contributed by atoms with van der Waals surface area (Å²) in [5, 5.41) is 13.4. The van der Waals surface area contributed by atoms with E-state index in [4.69, 9.17) is 4.43 Å². The maximum absolute atomic E-state index is 14.3. The van der Waals surface area contributed by atoms with Crippen LogP contribution in [0.5, 0.6) is 5.75 Å². The number of rotatable bonds is 6. The number of aromatic amines is 1. The molecule has 0 aliphatic heterocycles. The van der Waals surface area contributed by atoms with Crippen LogP contribution in [0.15, 0.2) is 58.4 Å². The van der Waals surface area contributed by atoms with Crippen molar-refractivity contribution in [3.8, 4) is 23.1 Å². The van der Waals surface area contributed by atoms with Crippen LogP contribution in [0.25, 0.3) is 11.3 Å². The van der Waals surface area contributed by atoms with Crippen molar-refractivity contribution in [3.05, 3.63) is 75.8 Å². The zero-order chi connectivity index (χ0) is 24.2. The zero-order valence-electron chi connectivity index (χ0n) is 19.2. The van der Waals surface area contributed by atoms with E-state index in [-0.39, 0.29) is 27.8 Å². The van der Waals surface area contributed by atoms with Crippen LogP contribution in [-0.4, -0.2) is 24.5 Å². The number of hydrazone groups is 1. The number of H-pyrrole nitrogens is 1. The second kappa shape index (κ2) is 9.38. The summed E-state index contributed by atoms with van der Waals surface area (Å²) in [5.41, 5.74) is 2.98. The van der Waals surface area contributed by atoms with Gasteiger partial charge in [0, 0.05) is 11.1 Å². The van der Waals surface area contributed by atoms with Crippen LogP contribution in [0.2, 0.25) is 18.1 Å². The van der Waals surface area contributed by atoms with Crippen molar-refractivity contribution in [3.63, 3.8) is 0 Å². The van der Waals surface area contributed by atoms with Crippen molar-refractivity contribution in [2.45, 2.75) is 38.9 Å². The summed E-state index contributed by atoms with van der Waals surface area (Å²) >= 11 is 0. The van der Waals surface area contributed by atoms with Gasteiger partial charge in [-0.1, -0.05) is 51.1 Å². The number of nitriles is 1. The van der Waals surface area contributed by atoms with E-state index in [2.05, 4.69) is 54.4 Å². The molecule has 9 heteroatoms. The first-order valence-corrected chi connectivity index (χ1v) is 13.3. The Morgan fingerprint density at radius 1 is 1.21 bits per heavy atom. The number of halogens is 1. The Labute approximate surface area is 193 Å². The van der Waals surface area contributed by atoms with E-state index in [1.54, 1.807) is 36.4 Å². The molecule has 0 bridgehead atoms. The maximum Gasteiger partial charge on any atom is 0.270 e. The van der Waals surface area contributed by atoms with Gasteiger partial charge in [-0.15, -0.1) is 0 Å². The third kappa shape index (κ3) is 5.54. The topological polar surface area (TPSA) is 103 Å². The fourth-order valence-corrected chi connectivity index (χ4v) is 3.75. The predicted octanol–water partition coefficient (Wildman–Crippen LogP) is 5.28. The van der Waals surface area contributed by atoms with Gasteiger partial charge in [0.15, 0.2) is 0 Å². The van der Waals surface area contributed by atoms with Crippen LogP contribution in [-0.2, 0) is 0 Å². The average Bonchev–Trinajstić information content (AvgIpc) is 2.75. The average molecular weight is 464 g/mol. The standard InChI is InChI=1S/C24H26FN5O2Si/c1-24(2,3)33(4,5)32-18-11-12-20(25)17(13-18)15-27-30-23-28-21(16-9-7-6-8-10-16)19(14-26)22(31)29-23/h6-13,15H,1-5H3,(H2,28,29,30,31). The van der Waals surface area contributed by atoms with Gasteiger partial charge >= 0.3 is 0 Å². The second-order valence-electron chi connectivity index (χ2n) is 9.03. The summed E-state index contributed by atoms with van der Waals surface area (Å²) in [4.78, 5) is 19.1. The predicted molar refractivity (Wildman–Crippen MR) is 130 cm³/mol. The lowest BCUT2D eigenvalue weighted by Gasteiger charge is -2.36. The van der Waals surface area contributed by atoms with E-state index in [9.17, 15) is 14.4 Å². The SMILES string of the molecule is CC(C)(C)[Si](C)(C)Oc1ccc(F)c(C=NNc2nc(-c3ccccc3)c(C#N)c(=O)[nH]2)c1. The number of hydrogen-bond acceptors (Lipinski definition) is 6. The van der Waals surface area contributed by atoms with Gasteiger partial charge in [0.25, 0.3) is 5.56 Å². The molecule has 2 aromatic carbocycles.